The Hall–Kier alpha value is -2.63. The molecule has 0 radical (unpaired) electrons. The summed E-state index contributed by atoms with van der Waals surface area (Å²) in [6.07, 6.45) is 3.75. The molecule has 1 aromatic carbocycles. The van der Waals surface area contributed by atoms with Gasteiger partial charge in [0.05, 0.1) is 11.9 Å². The van der Waals surface area contributed by atoms with Crippen LogP contribution >= 0.6 is 0 Å². The first-order valence-electron chi connectivity index (χ1n) is 7.21. The van der Waals surface area contributed by atoms with Crippen molar-refractivity contribution in [2.75, 3.05) is 10.6 Å². The summed E-state index contributed by atoms with van der Waals surface area (Å²) < 4.78 is 12.8. The third-order valence-corrected chi connectivity index (χ3v) is 3.33. The van der Waals surface area contributed by atoms with E-state index in [1.807, 2.05) is 6.07 Å². The van der Waals surface area contributed by atoms with Crippen molar-refractivity contribution in [3.8, 4) is 0 Å². The van der Waals surface area contributed by atoms with Crippen molar-refractivity contribution in [1.82, 2.24) is 10.3 Å². The van der Waals surface area contributed by atoms with Crippen LogP contribution in [-0.2, 0) is 6.54 Å². The number of pyridine rings is 1. The number of rotatable bonds is 5. The van der Waals surface area contributed by atoms with Crippen molar-refractivity contribution in [2.45, 2.75) is 25.4 Å². The molecule has 3 rings (SSSR count). The fourth-order valence-electron chi connectivity index (χ4n) is 1.94. The number of aromatic nitrogens is 1. The second kappa shape index (κ2) is 6.43. The molecule has 0 atom stereocenters. The van der Waals surface area contributed by atoms with E-state index in [1.165, 1.54) is 12.1 Å². The molecular formula is C16H17FN4O. The van der Waals surface area contributed by atoms with E-state index in [2.05, 4.69) is 20.9 Å². The summed E-state index contributed by atoms with van der Waals surface area (Å²) >= 11 is 0. The Kier molecular flexibility index (Phi) is 4.18. The molecule has 5 nitrogen and oxygen atoms in total. The lowest BCUT2D eigenvalue weighted by Crippen LogP contribution is -2.30. The first-order chi connectivity index (χ1) is 10.7. The maximum atomic E-state index is 12.8. The number of carbonyl (C=O) groups is 1. The Morgan fingerprint density at radius 1 is 1.18 bits per heavy atom. The van der Waals surface area contributed by atoms with Gasteiger partial charge in [-0.05, 0) is 42.7 Å². The average Bonchev–Trinajstić information content (AvgIpc) is 3.32. The van der Waals surface area contributed by atoms with E-state index >= 15 is 0 Å². The Labute approximate surface area is 128 Å². The zero-order valence-corrected chi connectivity index (χ0v) is 12.0. The molecule has 1 aliphatic carbocycles. The molecule has 1 aromatic heterocycles. The number of amides is 2. The molecule has 2 amide bonds. The monoisotopic (exact) mass is 300 g/mol. The van der Waals surface area contributed by atoms with Crippen molar-refractivity contribution in [3.05, 3.63) is 54.0 Å². The third-order valence-electron chi connectivity index (χ3n) is 3.33. The van der Waals surface area contributed by atoms with Crippen molar-refractivity contribution in [3.63, 3.8) is 0 Å². The molecular weight excluding hydrogens is 283 g/mol. The Morgan fingerprint density at radius 3 is 2.59 bits per heavy atom. The number of anilines is 2. The molecule has 1 fully saturated rings. The van der Waals surface area contributed by atoms with Gasteiger partial charge in [0.25, 0.3) is 0 Å². The predicted molar refractivity (Wildman–Crippen MR) is 83.1 cm³/mol. The minimum atomic E-state index is -0.245. The van der Waals surface area contributed by atoms with Crippen LogP contribution in [0.4, 0.5) is 20.7 Å². The van der Waals surface area contributed by atoms with E-state index in [0.29, 0.717) is 18.4 Å². The molecule has 0 bridgehead atoms. The summed E-state index contributed by atoms with van der Waals surface area (Å²) in [6, 6.07) is 9.99. The average molecular weight is 300 g/mol. The summed E-state index contributed by atoms with van der Waals surface area (Å²) in [4.78, 5) is 15.8. The van der Waals surface area contributed by atoms with Crippen molar-refractivity contribution < 1.29 is 9.18 Å². The molecule has 0 aliphatic heterocycles. The molecule has 3 N–H and O–H groups in total. The minimum Gasteiger partial charge on any atom is -0.380 e. The summed E-state index contributed by atoms with van der Waals surface area (Å²) in [5, 5.41) is 8.71. The van der Waals surface area contributed by atoms with Gasteiger partial charge in [0.1, 0.15) is 11.6 Å². The van der Waals surface area contributed by atoms with Crippen LogP contribution in [0.3, 0.4) is 0 Å². The van der Waals surface area contributed by atoms with Crippen LogP contribution in [0.1, 0.15) is 18.4 Å². The van der Waals surface area contributed by atoms with E-state index in [4.69, 9.17) is 0 Å². The number of nitrogens with one attached hydrogen (secondary N) is 3. The lowest BCUT2D eigenvalue weighted by atomic mass is 10.2. The number of hydrogen-bond donors (Lipinski definition) is 3. The van der Waals surface area contributed by atoms with Crippen molar-refractivity contribution in [1.29, 1.82) is 0 Å². The van der Waals surface area contributed by atoms with Crippen LogP contribution in [0.2, 0.25) is 0 Å². The van der Waals surface area contributed by atoms with E-state index < -0.39 is 0 Å². The number of benzene rings is 1. The maximum Gasteiger partial charge on any atom is 0.320 e. The number of hydrogen-bond acceptors (Lipinski definition) is 3. The fourth-order valence-corrected chi connectivity index (χ4v) is 1.94. The second-order valence-electron chi connectivity index (χ2n) is 5.28. The molecule has 1 saturated carbocycles. The molecule has 1 aliphatic rings. The fraction of sp³-hybridized carbons (Fsp3) is 0.250. The van der Waals surface area contributed by atoms with Crippen LogP contribution in [0.15, 0.2) is 42.6 Å². The SMILES string of the molecule is O=C(Nc1ccc(NCc2ccc(F)cc2)cn1)NC1CC1. The molecule has 0 spiro atoms. The first-order valence-corrected chi connectivity index (χ1v) is 7.21. The van der Waals surface area contributed by atoms with Gasteiger partial charge >= 0.3 is 6.03 Å². The summed E-state index contributed by atoms with van der Waals surface area (Å²) in [5.74, 6) is 0.260. The van der Waals surface area contributed by atoms with Crippen LogP contribution in [0.25, 0.3) is 0 Å². The normalized spacial score (nSPS) is 13.5. The Bertz CT molecular complexity index is 638. The zero-order chi connectivity index (χ0) is 15.4. The van der Waals surface area contributed by atoms with Crippen molar-refractivity contribution >= 4 is 17.5 Å². The van der Waals surface area contributed by atoms with Crippen LogP contribution < -0.4 is 16.0 Å². The number of urea groups is 1. The highest BCUT2D eigenvalue weighted by Gasteiger charge is 2.23. The highest BCUT2D eigenvalue weighted by Crippen LogP contribution is 2.18. The third kappa shape index (κ3) is 4.18. The number of nitrogens with zero attached hydrogens (tertiary/aromatic N) is 1. The highest BCUT2D eigenvalue weighted by atomic mass is 19.1. The van der Waals surface area contributed by atoms with E-state index in [1.54, 1.807) is 24.4 Å². The van der Waals surface area contributed by atoms with E-state index in [0.717, 1.165) is 24.1 Å². The van der Waals surface area contributed by atoms with Gasteiger partial charge in [-0.1, -0.05) is 12.1 Å². The van der Waals surface area contributed by atoms with Gasteiger partial charge < -0.3 is 10.6 Å². The Morgan fingerprint density at radius 2 is 1.95 bits per heavy atom. The van der Waals surface area contributed by atoms with Crippen LogP contribution in [0, 0.1) is 5.82 Å². The molecule has 22 heavy (non-hydrogen) atoms. The lowest BCUT2D eigenvalue weighted by Gasteiger charge is -2.08. The largest absolute Gasteiger partial charge is 0.380 e. The van der Waals surface area contributed by atoms with Crippen molar-refractivity contribution in [2.24, 2.45) is 0 Å². The molecule has 6 heteroatoms. The minimum absolute atomic E-state index is 0.220. The van der Waals surface area contributed by atoms with Gasteiger partial charge in [-0.25, -0.2) is 14.2 Å². The molecule has 0 unspecified atom stereocenters. The summed E-state index contributed by atoms with van der Waals surface area (Å²) in [7, 11) is 0. The van der Waals surface area contributed by atoms with Crippen LogP contribution in [-0.4, -0.2) is 17.1 Å². The van der Waals surface area contributed by atoms with Gasteiger partial charge in [0, 0.05) is 12.6 Å². The predicted octanol–water partition coefficient (Wildman–Crippen LogP) is 3.12. The lowest BCUT2D eigenvalue weighted by molar-refractivity contribution is 0.251. The van der Waals surface area contributed by atoms with Crippen LogP contribution in [0.5, 0.6) is 0 Å². The standard InChI is InChI=1S/C16H17FN4O/c17-12-3-1-11(2-4-12)9-18-14-7-8-15(19-10-14)21-16(22)20-13-5-6-13/h1-4,7-8,10,13,18H,5-6,9H2,(H2,19,20,21,22). The highest BCUT2D eigenvalue weighted by molar-refractivity contribution is 5.88. The van der Waals surface area contributed by atoms with Gasteiger partial charge in [-0.15, -0.1) is 0 Å². The number of carbonyl (C=O) groups excluding carboxylic acids is 1. The van der Waals surface area contributed by atoms with Gasteiger partial charge in [-0.3, -0.25) is 5.32 Å². The molecule has 1 heterocycles. The molecule has 0 saturated heterocycles. The topological polar surface area (TPSA) is 66.0 Å². The quantitative estimate of drug-likeness (QED) is 0.795. The van der Waals surface area contributed by atoms with Gasteiger partial charge in [0.15, 0.2) is 0 Å². The summed E-state index contributed by atoms with van der Waals surface area (Å²) in [6.45, 7) is 0.580. The van der Waals surface area contributed by atoms with E-state index in [9.17, 15) is 9.18 Å². The molecule has 114 valence electrons. The molecule has 2 aromatic rings. The second-order valence-corrected chi connectivity index (χ2v) is 5.28. The maximum absolute atomic E-state index is 12.8. The van der Waals surface area contributed by atoms with Gasteiger partial charge in [-0.2, -0.15) is 0 Å². The smallest absolute Gasteiger partial charge is 0.320 e. The number of halogens is 1. The van der Waals surface area contributed by atoms with E-state index in [-0.39, 0.29) is 11.8 Å². The Balaban J connectivity index is 1.50. The zero-order valence-electron chi connectivity index (χ0n) is 12.0. The van der Waals surface area contributed by atoms with Gasteiger partial charge in [0.2, 0.25) is 0 Å². The first kappa shape index (κ1) is 14.3. The summed E-state index contributed by atoms with van der Waals surface area (Å²) in [5.41, 5.74) is 1.81.